The average molecular weight is 260 g/mol. The van der Waals surface area contributed by atoms with Gasteiger partial charge in [-0.3, -0.25) is 0 Å². The molecule has 1 aromatic carbocycles. The molecule has 1 unspecified atom stereocenters. The van der Waals surface area contributed by atoms with Gasteiger partial charge in [0, 0.05) is 4.70 Å². The van der Waals surface area contributed by atoms with E-state index >= 15 is 0 Å². The molecule has 0 aliphatic heterocycles. The highest BCUT2D eigenvalue weighted by Crippen LogP contribution is 2.34. The van der Waals surface area contributed by atoms with Gasteiger partial charge < -0.3 is 5.11 Å². The Hall–Kier alpha value is -0.860. The molecule has 2 heteroatoms. The Morgan fingerprint density at radius 3 is 2.89 bits per heavy atom. The van der Waals surface area contributed by atoms with Crippen LogP contribution < -0.4 is 0 Å². The van der Waals surface area contributed by atoms with Gasteiger partial charge in [0.15, 0.2) is 0 Å². The van der Waals surface area contributed by atoms with Crippen LogP contribution in [0.25, 0.3) is 10.1 Å². The topological polar surface area (TPSA) is 20.2 Å². The van der Waals surface area contributed by atoms with Crippen molar-refractivity contribution in [3.05, 3.63) is 35.2 Å². The van der Waals surface area contributed by atoms with Crippen LogP contribution in [0.1, 0.15) is 50.2 Å². The lowest BCUT2D eigenvalue weighted by Gasteiger charge is -2.15. The summed E-state index contributed by atoms with van der Waals surface area (Å²) in [5.41, 5.74) is 1.13. The molecule has 0 saturated heterocycles. The lowest BCUT2D eigenvalue weighted by Crippen LogP contribution is -2.01. The van der Waals surface area contributed by atoms with Gasteiger partial charge in [-0.25, -0.2) is 0 Å². The predicted octanol–water partition coefficient (Wildman–Crippen LogP) is 4.91. The van der Waals surface area contributed by atoms with E-state index in [1.165, 1.54) is 42.2 Å². The molecule has 1 saturated carbocycles. The van der Waals surface area contributed by atoms with E-state index < -0.39 is 0 Å². The number of rotatable bonds is 4. The van der Waals surface area contributed by atoms with E-state index in [2.05, 4.69) is 29.6 Å². The van der Waals surface area contributed by atoms with Crippen LogP contribution in [-0.4, -0.2) is 5.11 Å². The third-order valence-corrected chi connectivity index (χ3v) is 5.17. The van der Waals surface area contributed by atoms with Crippen LogP contribution >= 0.6 is 11.3 Å². The Balaban J connectivity index is 1.71. The summed E-state index contributed by atoms with van der Waals surface area (Å²) in [5, 5.41) is 13.8. The first-order valence-corrected chi connectivity index (χ1v) is 7.87. The van der Waals surface area contributed by atoms with Gasteiger partial charge in [-0.15, -0.1) is 11.3 Å². The summed E-state index contributed by atoms with van der Waals surface area (Å²) < 4.78 is 1.26. The fourth-order valence-electron chi connectivity index (χ4n) is 3.13. The first-order valence-electron chi connectivity index (χ1n) is 6.99. The van der Waals surface area contributed by atoms with Crippen molar-refractivity contribution in [2.24, 2.45) is 5.92 Å². The summed E-state index contributed by atoms with van der Waals surface area (Å²) in [4.78, 5) is 0. The second-order valence-corrected chi connectivity index (χ2v) is 6.35. The van der Waals surface area contributed by atoms with Gasteiger partial charge in [-0.05, 0) is 41.2 Å². The van der Waals surface area contributed by atoms with Gasteiger partial charge in [0.2, 0.25) is 0 Å². The van der Waals surface area contributed by atoms with Crippen LogP contribution in [0.5, 0.6) is 0 Å². The molecule has 0 bridgehead atoms. The minimum atomic E-state index is -0.284. The summed E-state index contributed by atoms with van der Waals surface area (Å²) in [7, 11) is 0. The van der Waals surface area contributed by atoms with Crippen molar-refractivity contribution in [1.29, 1.82) is 0 Å². The van der Waals surface area contributed by atoms with Crippen molar-refractivity contribution < 1.29 is 5.11 Å². The molecular weight excluding hydrogens is 240 g/mol. The Morgan fingerprint density at radius 1 is 1.22 bits per heavy atom. The van der Waals surface area contributed by atoms with E-state index in [9.17, 15) is 5.11 Å². The van der Waals surface area contributed by atoms with E-state index in [1.54, 1.807) is 11.3 Å². The quantitative estimate of drug-likeness (QED) is 0.828. The fraction of sp³-hybridized carbons (Fsp3) is 0.500. The SMILES string of the molecule is OC(CCC1CCCC1)c1cccc2ccsc12. The number of hydrogen-bond donors (Lipinski definition) is 1. The highest BCUT2D eigenvalue weighted by Gasteiger charge is 2.18. The summed E-state index contributed by atoms with van der Waals surface area (Å²) >= 11 is 1.74. The zero-order valence-corrected chi connectivity index (χ0v) is 11.5. The fourth-order valence-corrected chi connectivity index (χ4v) is 4.09. The minimum Gasteiger partial charge on any atom is -0.388 e. The van der Waals surface area contributed by atoms with Crippen molar-refractivity contribution in [3.8, 4) is 0 Å². The van der Waals surface area contributed by atoms with Crippen LogP contribution in [0.3, 0.4) is 0 Å². The molecule has 0 spiro atoms. The normalized spacial score (nSPS) is 18.5. The van der Waals surface area contributed by atoms with Crippen LogP contribution in [0, 0.1) is 5.92 Å². The molecule has 1 aliphatic rings. The molecule has 1 atom stereocenters. The van der Waals surface area contributed by atoms with Crippen LogP contribution in [0.4, 0.5) is 0 Å². The third kappa shape index (κ3) is 2.45. The van der Waals surface area contributed by atoms with E-state index in [0.29, 0.717) is 0 Å². The molecule has 1 aliphatic carbocycles. The van der Waals surface area contributed by atoms with Gasteiger partial charge in [0.1, 0.15) is 0 Å². The first kappa shape index (κ1) is 12.2. The van der Waals surface area contributed by atoms with Gasteiger partial charge in [-0.2, -0.15) is 0 Å². The standard InChI is InChI=1S/C16H20OS/c17-15(9-8-12-4-1-2-5-12)14-7-3-6-13-10-11-18-16(13)14/h3,6-7,10-12,15,17H,1-2,4-5,8-9H2. The summed E-state index contributed by atoms with van der Waals surface area (Å²) in [5.74, 6) is 0.863. The Morgan fingerprint density at radius 2 is 2.06 bits per heavy atom. The Kier molecular flexibility index (Phi) is 3.67. The lowest BCUT2D eigenvalue weighted by atomic mass is 9.96. The maximum atomic E-state index is 10.4. The highest BCUT2D eigenvalue weighted by atomic mass is 32.1. The number of thiophene rings is 1. The molecule has 2 aromatic rings. The molecule has 1 heterocycles. The van der Waals surface area contributed by atoms with Crippen LogP contribution in [0.2, 0.25) is 0 Å². The van der Waals surface area contributed by atoms with Gasteiger partial charge in [-0.1, -0.05) is 43.9 Å². The Bertz CT molecular complexity index is 511. The number of fused-ring (bicyclic) bond motifs is 1. The zero-order chi connectivity index (χ0) is 12.4. The second-order valence-electron chi connectivity index (χ2n) is 5.43. The molecule has 0 radical (unpaired) electrons. The average Bonchev–Trinajstić information content (AvgIpc) is 3.05. The van der Waals surface area contributed by atoms with Crippen molar-refractivity contribution in [3.63, 3.8) is 0 Å². The maximum absolute atomic E-state index is 10.4. The van der Waals surface area contributed by atoms with Crippen LogP contribution in [0.15, 0.2) is 29.6 Å². The smallest absolute Gasteiger partial charge is 0.0804 e. The third-order valence-electron chi connectivity index (χ3n) is 4.19. The second kappa shape index (κ2) is 5.41. The number of aliphatic hydroxyl groups is 1. The molecule has 1 aromatic heterocycles. The van der Waals surface area contributed by atoms with Gasteiger partial charge in [0.25, 0.3) is 0 Å². The van der Waals surface area contributed by atoms with Crippen molar-refractivity contribution in [2.45, 2.75) is 44.6 Å². The van der Waals surface area contributed by atoms with Gasteiger partial charge in [0.05, 0.1) is 6.10 Å². The predicted molar refractivity (Wildman–Crippen MR) is 78.0 cm³/mol. The maximum Gasteiger partial charge on any atom is 0.0804 e. The summed E-state index contributed by atoms with van der Waals surface area (Å²) in [6, 6.07) is 8.40. The van der Waals surface area contributed by atoms with E-state index in [4.69, 9.17) is 0 Å². The summed E-state index contributed by atoms with van der Waals surface area (Å²) in [6.07, 6.45) is 7.34. The number of benzene rings is 1. The largest absolute Gasteiger partial charge is 0.388 e. The molecule has 1 fully saturated rings. The lowest BCUT2D eigenvalue weighted by molar-refractivity contribution is 0.158. The minimum absolute atomic E-state index is 0.284. The number of aliphatic hydroxyl groups excluding tert-OH is 1. The molecule has 18 heavy (non-hydrogen) atoms. The van der Waals surface area contributed by atoms with E-state index in [1.807, 2.05) is 0 Å². The first-order chi connectivity index (χ1) is 8.84. The molecule has 1 N–H and O–H groups in total. The van der Waals surface area contributed by atoms with Crippen molar-refractivity contribution in [2.75, 3.05) is 0 Å². The molecule has 1 nitrogen and oxygen atoms in total. The van der Waals surface area contributed by atoms with Gasteiger partial charge >= 0.3 is 0 Å². The van der Waals surface area contributed by atoms with Crippen molar-refractivity contribution in [1.82, 2.24) is 0 Å². The zero-order valence-electron chi connectivity index (χ0n) is 10.6. The molecule has 3 rings (SSSR count). The van der Waals surface area contributed by atoms with E-state index in [-0.39, 0.29) is 6.10 Å². The van der Waals surface area contributed by atoms with Crippen molar-refractivity contribution >= 4 is 21.4 Å². The molecular formula is C16H20OS. The molecule has 96 valence electrons. The highest BCUT2D eigenvalue weighted by molar-refractivity contribution is 7.17. The monoisotopic (exact) mass is 260 g/mol. The van der Waals surface area contributed by atoms with Crippen LogP contribution in [-0.2, 0) is 0 Å². The molecule has 0 amide bonds. The van der Waals surface area contributed by atoms with E-state index in [0.717, 1.165) is 17.9 Å². The summed E-state index contributed by atoms with van der Waals surface area (Å²) in [6.45, 7) is 0. The number of hydrogen-bond acceptors (Lipinski definition) is 2. The Labute approximate surface area is 112 Å².